The van der Waals surface area contributed by atoms with Crippen molar-refractivity contribution in [2.75, 3.05) is 31.6 Å². The van der Waals surface area contributed by atoms with Crippen LogP contribution in [0.1, 0.15) is 54.5 Å². The molecule has 0 radical (unpaired) electrons. The topological polar surface area (TPSA) is 70.2 Å². The molecule has 3 heterocycles. The van der Waals surface area contributed by atoms with E-state index < -0.39 is 0 Å². The summed E-state index contributed by atoms with van der Waals surface area (Å²) < 4.78 is 0. The van der Waals surface area contributed by atoms with Crippen LogP contribution in [0.15, 0.2) is 24.5 Å². The zero-order valence-electron chi connectivity index (χ0n) is 17.3. The number of aromatic nitrogens is 2. The van der Waals surface area contributed by atoms with Crippen molar-refractivity contribution in [3.05, 3.63) is 46.9 Å². The summed E-state index contributed by atoms with van der Waals surface area (Å²) in [7, 11) is 1.70. The van der Waals surface area contributed by atoms with Gasteiger partial charge in [0.1, 0.15) is 12.1 Å². The fraction of sp³-hybridized carbons (Fsp3) is 0.522. The van der Waals surface area contributed by atoms with Gasteiger partial charge in [0.05, 0.1) is 6.42 Å². The predicted octanol–water partition coefficient (Wildman–Crippen LogP) is 2.59. The Morgan fingerprint density at radius 3 is 2.93 bits per heavy atom. The Morgan fingerprint density at radius 2 is 2.14 bits per heavy atom. The second-order valence-corrected chi connectivity index (χ2v) is 8.82. The zero-order valence-corrected chi connectivity index (χ0v) is 17.3. The highest BCUT2D eigenvalue weighted by molar-refractivity contribution is 5.80. The van der Waals surface area contributed by atoms with E-state index in [1.54, 1.807) is 13.4 Å². The second kappa shape index (κ2) is 7.10. The van der Waals surface area contributed by atoms with Crippen molar-refractivity contribution < 1.29 is 4.79 Å². The van der Waals surface area contributed by atoms with Gasteiger partial charge in [0.25, 0.3) is 0 Å². The maximum absolute atomic E-state index is 12.0. The summed E-state index contributed by atoms with van der Waals surface area (Å²) in [5, 5.41) is 6.26. The molecule has 1 unspecified atom stereocenters. The van der Waals surface area contributed by atoms with Crippen molar-refractivity contribution in [3.63, 3.8) is 0 Å². The quantitative estimate of drug-likeness (QED) is 0.842. The number of amides is 1. The molecule has 1 fully saturated rings. The van der Waals surface area contributed by atoms with E-state index in [2.05, 4.69) is 45.6 Å². The number of fused-ring (bicyclic) bond motifs is 3. The Balaban J connectivity index is 1.61. The van der Waals surface area contributed by atoms with Crippen LogP contribution in [0.2, 0.25) is 0 Å². The normalized spacial score (nSPS) is 21.9. The number of hydrogen-bond acceptors (Lipinski definition) is 5. The molecule has 1 aromatic carbocycles. The Hall–Kier alpha value is -2.47. The number of hydrogen-bond donors (Lipinski definition) is 2. The number of aryl methyl sites for hydroxylation is 1. The zero-order chi connectivity index (χ0) is 20.0. The number of carbonyl (C=O) groups excluding carboxylic acids is 1. The van der Waals surface area contributed by atoms with Gasteiger partial charge in [-0.05, 0) is 61.9 Å². The summed E-state index contributed by atoms with van der Waals surface area (Å²) in [4.78, 5) is 23.7. The molecule has 5 rings (SSSR count). The molecule has 1 saturated heterocycles. The van der Waals surface area contributed by atoms with E-state index in [-0.39, 0.29) is 11.3 Å². The number of anilines is 2. The second-order valence-electron chi connectivity index (χ2n) is 8.82. The molecule has 1 aromatic heterocycles. The molecule has 1 amide bonds. The van der Waals surface area contributed by atoms with Crippen LogP contribution < -0.4 is 15.5 Å². The van der Waals surface area contributed by atoms with Gasteiger partial charge in [0.15, 0.2) is 0 Å². The average molecular weight is 392 g/mol. The van der Waals surface area contributed by atoms with Gasteiger partial charge >= 0.3 is 0 Å². The summed E-state index contributed by atoms with van der Waals surface area (Å²) in [6, 6.07) is 6.59. The third-order valence-corrected chi connectivity index (χ3v) is 7.10. The van der Waals surface area contributed by atoms with Crippen LogP contribution >= 0.6 is 0 Å². The van der Waals surface area contributed by atoms with Crippen LogP contribution in [-0.2, 0) is 23.1 Å². The lowest BCUT2D eigenvalue weighted by Gasteiger charge is -2.35. The predicted molar refractivity (Wildman–Crippen MR) is 114 cm³/mol. The van der Waals surface area contributed by atoms with Gasteiger partial charge in [0.2, 0.25) is 5.91 Å². The molecule has 29 heavy (non-hydrogen) atoms. The van der Waals surface area contributed by atoms with Gasteiger partial charge < -0.3 is 15.5 Å². The number of carbonyl (C=O) groups is 1. The molecule has 2 N–H and O–H groups in total. The van der Waals surface area contributed by atoms with Crippen molar-refractivity contribution in [2.24, 2.45) is 0 Å². The monoisotopic (exact) mass is 391 g/mol. The van der Waals surface area contributed by atoms with Crippen molar-refractivity contribution in [3.8, 4) is 0 Å². The lowest BCUT2D eigenvalue weighted by atomic mass is 9.74. The molecule has 2 aliphatic heterocycles. The summed E-state index contributed by atoms with van der Waals surface area (Å²) in [6.45, 7) is 5.32. The van der Waals surface area contributed by atoms with Crippen LogP contribution in [0.25, 0.3) is 0 Å². The SMILES string of the molecule is CNC(=O)Cc1ccc2c(c1)C1(CCNCC1)CN2c1ncnc2c1C(C)CC2. The van der Waals surface area contributed by atoms with E-state index >= 15 is 0 Å². The van der Waals surface area contributed by atoms with Crippen LogP contribution in [0.5, 0.6) is 0 Å². The molecule has 1 atom stereocenters. The maximum Gasteiger partial charge on any atom is 0.224 e. The molecule has 3 aliphatic rings. The first-order valence-electron chi connectivity index (χ1n) is 10.8. The Morgan fingerprint density at radius 1 is 1.31 bits per heavy atom. The number of nitrogens with zero attached hydrogens (tertiary/aromatic N) is 3. The van der Waals surface area contributed by atoms with Crippen LogP contribution in [0.4, 0.5) is 11.5 Å². The fourth-order valence-corrected chi connectivity index (χ4v) is 5.46. The van der Waals surface area contributed by atoms with Crippen molar-refractivity contribution in [1.29, 1.82) is 0 Å². The number of likely N-dealkylation sites (N-methyl/N-ethyl adjacent to an activating group) is 1. The number of nitrogens with one attached hydrogen (secondary N) is 2. The van der Waals surface area contributed by atoms with Crippen LogP contribution in [-0.4, -0.2) is 42.6 Å². The van der Waals surface area contributed by atoms with E-state index in [9.17, 15) is 4.79 Å². The molecular weight excluding hydrogens is 362 g/mol. The van der Waals surface area contributed by atoms with Crippen molar-refractivity contribution in [1.82, 2.24) is 20.6 Å². The minimum Gasteiger partial charge on any atom is -0.359 e. The minimum atomic E-state index is 0.0570. The van der Waals surface area contributed by atoms with Gasteiger partial charge in [0, 0.05) is 36.0 Å². The van der Waals surface area contributed by atoms with Crippen molar-refractivity contribution in [2.45, 2.75) is 50.4 Å². The average Bonchev–Trinajstić information content (AvgIpc) is 3.27. The van der Waals surface area contributed by atoms with E-state index in [1.165, 1.54) is 22.5 Å². The smallest absolute Gasteiger partial charge is 0.224 e. The standard InChI is InChI=1S/C23H29N5O/c1-15-3-5-18-21(15)22(27-14-26-18)28-13-23(7-9-25-10-8-23)17-11-16(4-6-19(17)28)12-20(29)24-2/h4,6,11,14-15,25H,3,5,7-10,12-13H2,1-2H3,(H,24,29). The lowest BCUT2D eigenvalue weighted by Crippen LogP contribution is -2.42. The highest BCUT2D eigenvalue weighted by Crippen LogP contribution is 2.51. The number of rotatable bonds is 3. The molecule has 1 spiro atoms. The summed E-state index contributed by atoms with van der Waals surface area (Å²) in [5.74, 6) is 1.65. The number of piperidine rings is 1. The molecule has 6 nitrogen and oxygen atoms in total. The lowest BCUT2D eigenvalue weighted by molar-refractivity contribution is -0.119. The van der Waals surface area contributed by atoms with Gasteiger partial charge in [-0.2, -0.15) is 0 Å². The molecule has 1 aliphatic carbocycles. The first-order valence-corrected chi connectivity index (χ1v) is 10.8. The van der Waals surface area contributed by atoms with Gasteiger partial charge in [-0.3, -0.25) is 4.79 Å². The third kappa shape index (κ3) is 3.01. The maximum atomic E-state index is 12.0. The Kier molecular flexibility index (Phi) is 4.54. The summed E-state index contributed by atoms with van der Waals surface area (Å²) >= 11 is 0. The Labute approximate surface area is 172 Å². The van der Waals surface area contributed by atoms with E-state index in [1.807, 2.05) is 0 Å². The molecule has 2 aromatic rings. The van der Waals surface area contributed by atoms with Crippen LogP contribution in [0.3, 0.4) is 0 Å². The first kappa shape index (κ1) is 18.6. The van der Waals surface area contributed by atoms with Gasteiger partial charge in [-0.25, -0.2) is 9.97 Å². The first-order chi connectivity index (χ1) is 14.1. The molecular formula is C23H29N5O. The third-order valence-electron chi connectivity index (χ3n) is 7.10. The fourth-order valence-electron chi connectivity index (χ4n) is 5.46. The molecule has 0 bridgehead atoms. The van der Waals surface area contributed by atoms with Crippen LogP contribution in [0, 0.1) is 0 Å². The number of benzene rings is 1. The minimum absolute atomic E-state index is 0.0570. The van der Waals surface area contributed by atoms with Gasteiger partial charge in [-0.1, -0.05) is 19.1 Å². The van der Waals surface area contributed by atoms with E-state index in [0.29, 0.717) is 12.3 Å². The van der Waals surface area contributed by atoms with Crippen molar-refractivity contribution >= 4 is 17.4 Å². The molecule has 152 valence electrons. The molecule has 6 heteroatoms. The Bertz CT molecular complexity index is 950. The van der Waals surface area contributed by atoms with E-state index in [4.69, 9.17) is 4.98 Å². The molecule has 0 saturated carbocycles. The highest BCUT2D eigenvalue weighted by Gasteiger charge is 2.45. The van der Waals surface area contributed by atoms with Gasteiger partial charge in [-0.15, -0.1) is 0 Å². The highest BCUT2D eigenvalue weighted by atomic mass is 16.1. The summed E-state index contributed by atoms with van der Waals surface area (Å²) in [6.07, 6.45) is 6.59. The largest absolute Gasteiger partial charge is 0.359 e. The summed E-state index contributed by atoms with van der Waals surface area (Å²) in [5.41, 5.74) is 6.40. The van der Waals surface area contributed by atoms with E-state index in [0.717, 1.165) is 56.7 Å².